The lowest BCUT2D eigenvalue weighted by molar-refractivity contribution is -0.116. The molecule has 2 aromatic rings. The molecule has 0 atom stereocenters. The molecule has 0 aliphatic carbocycles. The molecule has 4 heteroatoms. The van der Waals surface area contributed by atoms with Crippen LogP contribution in [0.1, 0.15) is 24.0 Å². The van der Waals surface area contributed by atoms with Gasteiger partial charge in [-0.3, -0.25) is 4.79 Å². The number of hydrogen-bond donors (Lipinski definition) is 2. The summed E-state index contributed by atoms with van der Waals surface area (Å²) in [6.45, 7) is 4.49. The Labute approximate surface area is 131 Å². The van der Waals surface area contributed by atoms with Crippen LogP contribution in [0.5, 0.6) is 5.75 Å². The average molecular weight is 298 g/mol. The molecule has 4 nitrogen and oxygen atoms in total. The quantitative estimate of drug-likeness (QED) is 0.631. The number of hydrogen-bond acceptors (Lipinski definition) is 3. The van der Waals surface area contributed by atoms with Gasteiger partial charge in [0.1, 0.15) is 5.75 Å². The van der Waals surface area contributed by atoms with Gasteiger partial charge in [0.25, 0.3) is 0 Å². The number of carbonyl (C=O) groups excluding carboxylic acids is 1. The maximum atomic E-state index is 11.9. The minimum Gasteiger partial charge on any atom is -0.491 e. The number of para-hydroxylation sites is 2. The highest BCUT2D eigenvalue weighted by Gasteiger charge is 2.05. The van der Waals surface area contributed by atoms with Crippen molar-refractivity contribution in [3.05, 3.63) is 53.6 Å². The summed E-state index contributed by atoms with van der Waals surface area (Å²) < 4.78 is 5.57. The van der Waals surface area contributed by atoms with Crippen LogP contribution in [-0.4, -0.2) is 12.5 Å². The van der Waals surface area contributed by atoms with Crippen molar-refractivity contribution in [1.82, 2.24) is 0 Å². The zero-order valence-electron chi connectivity index (χ0n) is 13.1. The van der Waals surface area contributed by atoms with E-state index in [2.05, 4.69) is 11.4 Å². The molecule has 0 aliphatic heterocycles. The predicted octanol–water partition coefficient (Wildman–Crippen LogP) is 3.68. The number of aryl methyl sites for hydroxylation is 2. The van der Waals surface area contributed by atoms with E-state index < -0.39 is 0 Å². The molecule has 3 N–H and O–H groups in total. The number of amides is 1. The van der Waals surface area contributed by atoms with E-state index in [1.807, 2.05) is 44.2 Å². The van der Waals surface area contributed by atoms with Crippen LogP contribution in [0, 0.1) is 13.8 Å². The monoisotopic (exact) mass is 298 g/mol. The summed E-state index contributed by atoms with van der Waals surface area (Å²) in [6.07, 6.45) is 1.06. The number of nitrogens with one attached hydrogen (secondary N) is 1. The van der Waals surface area contributed by atoms with Crippen LogP contribution in [0.25, 0.3) is 0 Å². The van der Waals surface area contributed by atoms with Gasteiger partial charge in [-0.2, -0.15) is 0 Å². The fourth-order valence-electron chi connectivity index (χ4n) is 2.19. The fourth-order valence-corrected chi connectivity index (χ4v) is 2.19. The number of rotatable bonds is 6. The second-order valence-corrected chi connectivity index (χ2v) is 5.36. The molecule has 0 radical (unpaired) electrons. The van der Waals surface area contributed by atoms with Crippen LogP contribution in [0.3, 0.4) is 0 Å². The first-order chi connectivity index (χ1) is 10.6. The van der Waals surface area contributed by atoms with Crippen molar-refractivity contribution in [3.8, 4) is 5.75 Å². The lowest BCUT2D eigenvalue weighted by atomic mass is 10.1. The Bertz CT molecular complexity index is 653. The molecule has 2 rings (SSSR count). The van der Waals surface area contributed by atoms with Crippen LogP contribution in [-0.2, 0) is 4.79 Å². The smallest absolute Gasteiger partial charge is 0.224 e. The molecule has 116 valence electrons. The summed E-state index contributed by atoms with van der Waals surface area (Å²) in [5, 5.41) is 2.93. The van der Waals surface area contributed by atoms with Crippen LogP contribution in [0.15, 0.2) is 42.5 Å². The van der Waals surface area contributed by atoms with E-state index in [9.17, 15) is 4.79 Å². The summed E-state index contributed by atoms with van der Waals surface area (Å²) in [7, 11) is 0. The van der Waals surface area contributed by atoms with Crippen molar-refractivity contribution in [2.24, 2.45) is 0 Å². The van der Waals surface area contributed by atoms with Gasteiger partial charge in [-0.25, -0.2) is 0 Å². The summed E-state index contributed by atoms with van der Waals surface area (Å²) in [5.74, 6) is 0.661. The van der Waals surface area contributed by atoms with E-state index >= 15 is 0 Å². The first kappa shape index (κ1) is 15.9. The highest BCUT2D eigenvalue weighted by Crippen LogP contribution is 2.20. The van der Waals surface area contributed by atoms with Gasteiger partial charge in [0.2, 0.25) is 5.91 Å². The first-order valence-corrected chi connectivity index (χ1v) is 7.40. The number of nitrogen functional groups attached to an aromatic ring is 1. The van der Waals surface area contributed by atoms with Crippen molar-refractivity contribution in [3.63, 3.8) is 0 Å². The minimum absolute atomic E-state index is 0.00316. The molecule has 22 heavy (non-hydrogen) atoms. The number of nitrogens with two attached hydrogens (primary N) is 1. The van der Waals surface area contributed by atoms with Gasteiger partial charge in [0.15, 0.2) is 0 Å². The van der Waals surface area contributed by atoms with Crippen LogP contribution in [0.2, 0.25) is 0 Å². The van der Waals surface area contributed by atoms with Gasteiger partial charge < -0.3 is 15.8 Å². The van der Waals surface area contributed by atoms with Crippen molar-refractivity contribution in [2.45, 2.75) is 26.7 Å². The zero-order valence-corrected chi connectivity index (χ0v) is 13.1. The number of carbonyl (C=O) groups is 1. The van der Waals surface area contributed by atoms with Crippen molar-refractivity contribution in [2.75, 3.05) is 17.7 Å². The predicted molar refractivity (Wildman–Crippen MR) is 90.1 cm³/mol. The molecule has 0 aliphatic rings. The molecule has 0 bridgehead atoms. The largest absolute Gasteiger partial charge is 0.491 e. The standard InChI is InChI=1S/C18H22N2O2/c1-13-9-10-16(14(2)12-13)20-18(21)8-5-11-22-17-7-4-3-6-15(17)19/h3-4,6-7,9-10,12H,5,8,11,19H2,1-2H3,(H,20,21). The van der Waals surface area contributed by atoms with Gasteiger partial charge in [-0.15, -0.1) is 0 Å². The highest BCUT2D eigenvalue weighted by molar-refractivity contribution is 5.91. The molecule has 0 saturated carbocycles. The third-order valence-electron chi connectivity index (χ3n) is 3.38. The lowest BCUT2D eigenvalue weighted by Crippen LogP contribution is -2.13. The Balaban J connectivity index is 1.75. The lowest BCUT2D eigenvalue weighted by Gasteiger charge is -2.10. The van der Waals surface area contributed by atoms with Gasteiger partial charge in [-0.05, 0) is 44.0 Å². The maximum Gasteiger partial charge on any atom is 0.224 e. The first-order valence-electron chi connectivity index (χ1n) is 7.40. The Kier molecular flexibility index (Phi) is 5.42. The van der Waals surface area contributed by atoms with Crippen LogP contribution >= 0.6 is 0 Å². The normalized spacial score (nSPS) is 10.3. The Hall–Kier alpha value is -2.49. The van der Waals surface area contributed by atoms with Gasteiger partial charge in [0.05, 0.1) is 12.3 Å². The van der Waals surface area contributed by atoms with E-state index in [0.717, 1.165) is 11.3 Å². The topological polar surface area (TPSA) is 64.3 Å². The SMILES string of the molecule is Cc1ccc(NC(=O)CCCOc2ccccc2N)c(C)c1. The van der Waals surface area contributed by atoms with Gasteiger partial charge >= 0.3 is 0 Å². The van der Waals surface area contributed by atoms with E-state index in [0.29, 0.717) is 30.9 Å². The molecule has 0 fully saturated rings. The molecule has 1 amide bonds. The number of benzene rings is 2. The Morgan fingerprint density at radius 1 is 1.18 bits per heavy atom. The second-order valence-electron chi connectivity index (χ2n) is 5.36. The van der Waals surface area contributed by atoms with E-state index in [1.54, 1.807) is 6.07 Å². The average Bonchev–Trinajstić information content (AvgIpc) is 2.48. The maximum absolute atomic E-state index is 11.9. The minimum atomic E-state index is -0.00316. The third-order valence-corrected chi connectivity index (χ3v) is 3.38. The molecule has 0 spiro atoms. The molecule has 0 aromatic heterocycles. The summed E-state index contributed by atoms with van der Waals surface area (Å²) in [4.78, 5) is 11.9. The van der Waals surface area contributed by atoms with Gasteiger partial charge in [0, 0.05) is 12.1 Å². The fraction of sp³-hybridized carbons (Fsp3) is 0.278. The highest BCUT2D eigenvalue weighted by atomic mass is 16.5. The molecular weight excluding hydrogens is 276 g/mol. The van der Waals surface area contributed by atoms with E-state index in [-0.39, 0.29) is 5.91 Å². The Morgan fingerprint density at radius 2 is 1.95 bits per heavy atom. The van der Waals surface area contributed by atoms with Crippen molar-refractivity contribution >= 4 is 17.3 Å². The number of anilines is 2. The third kappa shape index (κ3) is 4.52. The van der Waals surface area contributed by atoms with Crippen molar-refractivity contribution < 1.29 is 9.53 Å². The van der Waals surface area contributed by atoms with Crippen LogP contribution in [0.4, 0.5) is 11.4 Å². The van der Waals surface area contributed by atoms with E-state index in [4.69, 9.17) is 10.5 Å². The number of ether oxygens (including phenoxy) is 1. The summed E-state index contributed by atoms with van der Waals surface area (Å²) >= 11 is 0. The molecule has 2 aromatic carbocycles. The molecule has 0 unspecified atom stereocenters. The molecular formula is C18H22N2O2. The van der Waals surface area contributed by atoms with E-state index in [1.165, 1.54) is 5.56 Å². The molecule has 0 saturated heterocycles. The zero-order chi connectivity index (χ0) is 15.9. The molecule has 0 heterocycles. The Morgan fingerprint density at radius 3 is 2.68 bits per heavy atom. The van der Waals surface area contributed by atoms with Gasteiger partial charge in [-0.1, -0.05) is 29.8 Å². The summed E-state index contributed by atoms with van der Waals surface area (Å²) in [6, 6.07) is 13.3. The second kappa shape index (κ2) is 7.50. The van der Waals surface area contributed by atoms with Crippen molar-refractivity contribution in [1.29, 1.82) is 0 Å². The van der Waals surface area contributed by atoms with Crippen LogP contribution < -0.4 is 15.8 Å². The summed E-state index contributed by atoms with van der Waals surface area (Å²) in [5.41, 5.74) is 9.52.